The number of ether oxygens (including phenoxy) is 2. The maximum Gasteiger partial charge on any atom is 0.243 e. The molecule has 2 aliphatic rings. The molecule has 6 nitrogen and oxygen atoms in total. The van der Waals surface area contributed by atoms with Gasteiger partial charge in [-0.05, 0) is 36.4 Å². The van der Waals surface area contributed by atoms with Gasteiger partial charge in [0.1, 0.15) is 12.4 Å². The SMILES string of the molecule is O=C(CN1CCOc2ccccc21)Nc1ccc(N2CCOCC2)cc1. The Kier molecular flexibility index (Phi) is 4.93. The highest BCUT2D eigenvalue weighted by Gasteiger charge is 2.19. The van der Waals surface area contributed by atoms with Crippen LogP contribution in [0, 0.1) is 0 Å². The van der Waals surface area contributed by atoms with Crippen LogP contribution < -0.4 is 19.9 Å². The molecule has 0 saturated carbocycles. The molecule has 6 heteroatoms. The maximum absolute atomic E-state index is 12.5. The van der Waals surface area contributed by atoms with E-state index in [4.69, 9.17) is 9.47 Å². The van der Waals surface area contributed by atoms with Crippen LogP contribution in [0.1, 0.15) is 0 Å². The predicted octanol–water partition coefficient (Wildman–Crippen LogP) is 2.36. The van der Waals surface area contributed by atoms with E-state index in [0.29, 0.717) is 19.7 Å². The van der Waals surface area contributed by atoms with Crippen LogP contribution in [0.5, 0.6) is 5.75 Å². The number of morpholine rings is 1. The van der Waals surface area contributed by atoms with Gasteiger partial charge in [-0.15, -0.1) is 0 Å². The summed E-state index contributed by atoms with van der Waals surface area (Å²) < 4.78 is 11.0. The fraction of sp³-hybridized carbons (Fsp3) is 0.350. The average molecular weight is 353 g/mol. The molecule has 0 radical (unpaired) electrons. The molecule has 2 aromatic rings. The summed E-state index contributed by atoms with van der Waals surface area (Å²) in [5.74, 6) is 0.808. The molecule has 0 aromatic heterocycles. The first kappa shape index (κ1) is 16.7. The number of benzene rings is 2. The molecule has 1 saturated heterocycles. The largest absolute Gasteiger partial charge is 0.490 e. The molecule has 26 heavy (non-hydrogen) atoms. The number of anilines is 3. The number of rotatable bonds is 4. The zero-order valence-corrected chi connectivity index (χ0v) is 14.7. The second-order valence-corrected chi connectivity index (χ2v) is 6.43. The summed E-state index contributed by atoms with van der Waals surface area (Å²) in [5.41, 5.74) is 2.94. The minimum absolute atomic E-state index is 0.0270. The standard InChI is InChI=1S/C20H23N3O3/c24-20(15-23-11-14-26-19-4-2-1-3-18(19)23)21-16-5-7-17(8-6-16)22-9-12-25-13-10-22/h1-8H,9-15H2,(H,21,24). The van der Waals surface area contributed by atoms with Crippen molar-refractivity contribution in [3.05, 3.63) is 48.5 Å². The first-order valence-electron chi connectivity index (χ1n) is 8.99. The maximum atomic E-state index is 12.5. The van der Waals surface area contributed by atoms with E-state index in [9.17, 15) is 4.79 Å². The topological polar surface area (TPSA) is 54.0 Å². The summed E-state index contributed by atoms with van der Waals surface area (Å²) >= 11 is 0. The molecule has 0 aliphatic carbocycles. The molecule has 0 spiro atoms. The van der Waals surface area contributed by atoms with E-state index in [1.807, 2.05) is 48.5 Å². The van der Waals surface area contributed by atoms with Gasteiger partial charge in [-0.2, -0.15) is 0 Å². The molecular formula is C20H23N3O3. The van der Waals surface area contributed by atoms with Gasteiger partial charge in [0.05, 0.1) is 32.0 Å². The summed E-state index contributed by atoms with van der Waals surface area (Å²) in [6.45, 7) is 4.95. The van der Waals surface area contributed by atoms with Crippen molar-refractivity contribution in [1.29, 1.82) is 0 Å². The number of fused-ring (bicyclic) bond motifs is 1. The number of nitrogens with zero attached hydrogens (tertiary/aromatic N) is 2. The number of carbonyl (C=O) groups excluding carboxylic acids is 1. The molecule has 136 valence electrons. The number of hydrogen-bond acceptors (Lipinski definition) is 5. The van der Waals surface area contributed by atoms with E-state index in [2.05, 4.69) is 15.1 Å². The van der Waals surface area contributed by atoms with Crippen LogP contribution in [-0.4, -0.2) is 51.9 Å². The second kappa shape index (κ2) is 7.66. The zero-order valence-electron chi connectivity index (χ0n) is 14.7. The minimum atomic E-state index is -0.0270. The zero-order chi connectivity index (χ0) is 17.8. The molecule has 2 heterocycles. The molecular weight excluding hydrogens is 330 g/mol. The Morgan fingerprint density at radius 2 is 1.73 bits per heavy atom. The van der Waals surface area contributed by atoms with Crippen LogP contribution in [0.25, 0.3) is 0 Å². The Morgan fingerprint density at radius 3 is 2.54 bits per heavy atom. The third-order valence-corrected chi connectivity index (χ3v) is 4.69. The van der Waals surface area contributed by atoms with Gasteiger partial charge < -0.3 is 24.6 Å². The molecule has 0 bridgehead atoms. The van der Waals surface area contributed by atoms with Crippen LogP contribution >= 0.6 is 0 Å². The molecule has 2 aromatic carbocycles. The van der Waals surface area contributed by atoms with Crippen molar-refractivity contribution in [3.63, 3.8) is 0 Å². The van der Waals surface area contributed by atoms with Gasteiger partial charge in [0.15, 0.2) is 0 Å². The Balaban J connectivity index is 1.36. The Labute approximate surface area is 153 Å². The van der Waals surface area contributed by atoms with E-state index in [1.165, 1.54) is 0 Å². The normalized spacial score (nSPS) is 16.6. The fourth-order valence-corrected chi connectivity index (χ4v) is 3.34. The van der Waals surface area contributed by atoms with Crippen molar-refractivity contribution < 1.29 is 14.3 Å². The lowest BCUT2D eigenvalue weighted by Crippen LogP contribution is -2.38. The quantitative estimate of drug-likeness (QED) is 0.915. The summed E-state index contributed by atoms with van der Waals surface area (Å²) in [4.78, 5) is 16.8. The smallest absolute Gasteiger partial charge is 0.243 e. The number of amides is 1. The van der Waals surface area contributed by atoms with Crippen molar-refractivity contribution in [2.45, 2.75) is 0 Å². The van der Waals surface area contributed by atoms with Crippen LogP contribution in [0.3, 0.4) is 0 Å². The van der Waals surface area contributed by atoms with E-state index in [-0.39, 0.29) is 5.91 Å². The van der Waals surface area contributed by atoms with Gasteiger partial charge in [0.2, 0.25) is 5.91 Å². The van der Waals surface area contributed by atoms with Gasteiger partial charge in [0.25, 0.3) is 0 Å². The molecule has 1 amide bonds. The van der Waals surface area contributed by atoms with Gasteiger partial charge in [-0.1, -0.05) is 12.1 Å². The fourth-order valence-electron chi connectivity index (χ4n) is 3.34. The molecule has 0 unspecified atom stereocenters. The first-order chi connectivity index (χ1) is 12.8. The third-order valence-electron chi connectivity index (χ3n) is 4.69. The van der Waals surface area contributed by atoms with Gasteiger partial charge >= 0.3 is 0 Å². The van der Waals surface area contributed by atoms with Crippen molar-refractivity contribution in [2.24, 2.45) is 0 Å². The molecule has 1 N–H and O–H groups in total. The molecule has 4 rings (SSSR count). The predicted molar refractivity (Wildman–Crippen MR) is 102 cm³/mol. The summed E-state index contributed by atoms with van der Waals surface area (Å²) in [6.07, 6.45) is 0. The molecule has 2 aliphatic heterocycles. The third kappa shape index (κ3) is 3.75. The summed E-state index contributed by atoms with van der Waals surface area (Å²) in [7, 11) is 0. The summed E-state index contributed by atoms with van der Waals surface area (Å²) in [5, 5.41) is 2.99. The summed E-state index contributed by atoms with van der Waals surface area (Å²) in [6, 6.07) is 15.8. The number of carbonyl (C=O) groups is 1. The van der Waals surface area contributed by atoms with Crippen molar-refractivity contribution in [3.8, 4) is 5.75 Å². The lowest BCUT2D eigenvalue weighted by molar-refractivity contribution is -0.115. The lowest BCUT2D eigenvalue weighted by Gasteiger charge is -2.30. The van der Waals surface area contributed by atoms with Crippen molar-refractivity contribution in [2.75, 3.05) is 61.1 Å². The number of nitrogens with one attached hydrogen (secondary N) is 1. The van der Waals surface area contributed by atoms with Crippen molar-refractivity contribution in [1.82, 2.24) is 0 Å². The van der Waals surface area contributed by atoms with Crippen LogP contribution in [0.4, 0.5) is 17.1 Å². The van der Waals surface area contributed by atoms with E-state index in [0.717, 1.165) is 49.1 Å². The lowest BCUT2D eigenvalue weighted by atomic mass is 10.2. The van der Waals surface area contributed by atoms with Crippen LogP contribution in [0.15, 0.2) is 48.5 Å². The second-order valence-electron chi connectivity index (χ2n) is 6.43. The highest BCUT2D eigenvalue weighted by molar-refractivity contribution is 5.94. The highest BCUT2D eigenvalue weighted by atomic mass is 16.5. The number of para-hydroxylation sites is 2. The molecule has 1 fully saturated rings. The Bertz CT molecular complexity index is 757. The van der Waals surface area contributed by atoms with E-state index >= 15 is 0 Å². The van der Waals surface area contributed by atoms with Gasteiger partial charge in [-0.3, -0.25) is 4.79 Å². The van der Waals surface area contributed by atoms with Crippen molar-refractivity contribution >= 4 is 23.0 Å². The van der Waals surface area contributed by atoms with Gasteiger partial charge in [-0.25, -0.2) is 0 Å². The Hall–Kier alpha value is -2.73. The van der Waals surface area contributed by atoms with Crippen LogP contribution in [-0.2, 0) is 9.53 Å². The highest BCUT2D eigenvalue weighted by Crippen LogP contribution is 2.30. The first-order valence-corrected chi connectivity index (χ1v) is 8.99. The van der Waals surface area contributed by atoms with Crippen LogP contribution in [0.2, 0.25) is 0 Å². The van der Waals surface area contributed by atoms with E-state index in [1.54, 1.807) is 0 Å². The monoisotopic (exact) mass is 353 g/mol. The van der Waals surface area contributed by atoms with Gasteiger partial charge in [0, 0.05) is 24.5 Å². The number of hydrogen-bond donors (Lipinski definition) is 1. The van der Waals surface area contributed by atoms with E-state index < -0.39 is 0 Å². The Morgan fingerprint density at radius 1 is 0.962 bits per heavy atom. The minimum Gasteiger partial charge on any atom is -0.490 e. The average Bonchev–Trinajstić information content (AvgIpc) is 2.69. The molecule has 0 atom stereocenters.